The summed E-state index contributed by atoms with van der Waals surface area (Å²) in [6.07, 6.45) is 1.94. The van der Waals surface area contributed by atoms with E-state index in [4.69, 9.17) is 9.47 Å². The van der Waals surface area contributed by atoms with Gasteiger partial charge in [-0.05, 0) is 43.6 Å². The number of nitrogens with zero attached hydrogens (tertiary/aromatic N) is 1. The SMILES string of the molecule is O[C@H](c1ccc2c(c1)OCCO2)[C@@H](CN1CCCC1)NP. The second kappa shape index (κ2) is 6.93. The second-order valence-corrected chi connectivity index (χ2v) is 5.96. The van der Waals surface area contributed by atoms with Gasteiger partial charge in [-0.1, -0.05) is 15.5 Å². The van der Waals surface area contributed by atoms with E-state index in [0.29, 0.717) is 13.2 Å². The highest BCUT2D eigenvalue weighted by Crippen LogP contribution is 2.33. The lowest BCUT2D eigenvalue weighted by molar-refractivity contribution is 0.117. The van der Waals surface area contributed by atoms with Gasteiger partial charge in [-0.25, -0.2) is 0 Å². The zero-order chi connectivity index (χ0) is 14.7. The van der Waals surface area contributed by atoms with E-state index in [1.54, 1.807) is 0 Å². The average Bonchev–Trinajstić information content (AvgIpc) is 3.04. The Bertz CT molecular complexity index is 480. The Kier molecular flexibility index (Phi) is 4.96. The molecule has 1 fully saturated rings. The molecule has 2 heterocycles. The van der Waals surface area contributed by atoms with Crippen LogP contribution >= 0.6 is 9.39 Å². The number of fused-ring (bicyclic) bond motifs is 1. The zero-order valence-electron chi connectivity index (χ0n) is 12.1. The lowest BCUT2D eigenvalue weighted by Gasteiger charge is -2.28. The van der Waals surface area contributed by atoms with Crippen molar-refractivity contribution in [1.82, 2.24) is 9.99 Å². The number of ether oxygens (including phenoxy) is 2. The Morgan fingerprint density at radius 3 is 2.62 bits per heavy atom. The molecule has 2 aliphatic rings. The molecule has 21 heavy (non-hydrogen) atoms. The number of nitrogens with one attached hydrogen (secondary N) is 1. The molecule has 0 spiro atoms. The van der Waals surface area contributed by atoms with Gasteiger partial charge in [0, 0.05) is 6.54 Å². The van der Waals surface area contributed by atoms with Gasteiger partial charge in [0.1, 0.15) is 13.2 Å². The van der Waals surface area contributed by atoms with E-state index in [9.17, 15) is 5.11 Å². The van der Waals surface area contributed by atoms with E-state index in [2.05, 4.69) is 19.4 Å². The fraction of sp³-hybridized carbons (Fsp3) is 0.600. The largest absolute Gasteiger partial charge is 0.486 e. The maximum Gasteiger partial charge on any atom is 0.161 e. The Morgan fingerprint density at radius 1 is 1.19 bits per heavy atom. The highest BCUT2D eigenvalue weighted by molar-refractivity contribution is 7.13. The van der Waals surface area contributed by atoms with Crippen molar-refractivity contribution >= 4 is 9.39 Å². The number of aliphatic hydroxyl groups excluding tert-OH is 1. The first-order valence-corrected chi connectivity index (χ1v) is 8.12. The number of aliphatic hydroxyl groups is 1. The molecule has 2 N–H and O–H groups in total. The molecule has 1 aromatic carbocycles. The summed E-state index contributed by atoms with van der Waals surface area (Å²) >= 11 is 0. The molecular formula is C15H23N2O3P. The van der Waals surface area contributed by atoms with Crippen molar-refractivity contribution in [3.05, 3.63) is 23.8 Å². The van der Waals surface area contributed by atoms with E-state index in [-0.39, 0.29) is 6.04 Å². The minimum Gasteiger partial charge on any atom is -0.486 e. The van der Waals surface area contributed by atoms with E-state index < -0.39 is 6.10 Å². The fourth-order valence-corrected chi connectivity index (χ4v) is 3.25. The molecule has 2 aliphatic heterocycles. The van der Waals surface area contributed by atoms with Crippen LogP contribution in [0.2, 0.25) is 0 Å². The summed E-state index contributed by atoms with van der Waals surface area (Å²) in [4.78, 5) is 2.39. The molecule has 0 bridgehead atoms. The first kappa shape index (κ1) is 15.0. The fourth-order valence-electron chi connectivity index (χ4n) is 2.96. The number of likely N-dealkylation sites (tertiary alicyclic amines) is 1. The number of hydrogen-bond acceptors (Lipinski definition) is 5. The van der Waals surface area contributed by atoms with Crippen molar-refractivity contribution in [3.63, 3.8) is 0 Å². The quantitative estimate of drug-likeness (QED) is 0.804. The maximum atomic E-state index is 10.6. The lowest BCUT2D eigenvalue weighted by atomic mass is 10.0. The van der Waals surface area contributed by atoms with Gasteiger partial charge in [0.15, 0.2) is 11.5 Å². The average molecular weight is 310 g/mol. The van der Waals surface area contributed by atoms with Crippen LogP contribution in [0.1, 0.15) is 24.5 Å². The summed E-state index contributed by atoms with van der Waals surface area (Å²) < 4.78 is 11.1. The second-order valence-electron chi connectivity index (χ2n) is 5.63. The van der Waals surface area contributed by atoms with Gasteiger partial charge >= 0.3 is 0 Å². The predicted molar refractivity (Wildman–Crippen MR) is 84.7 cm³/mol. The van der Waals surface area contributed by atoms with Crippen LogP contribution in [0, 0.1) is 0 Å². The van der Waals surface area contributed by atoms with E-state index in [0.717, 1.165) is 36.7 Å². The monoisotopic (exact) mass is 310 g/mol. The Morgan fingerprint density at radius 2 is 1.90 bits per heavy atom. The summed E-state index contributed by atoms with van der Waals surface area (Å²) in [5.74, 6) is 1.48. The highest BCUT2D eigenvalue weighted by Gasteiger charge is 2.25. The van der Waals surface area contributed by atoms with E-state index >= 15 is 0 Å². The minimum absolute atomic E-state index is 0.0179. The number of benzene rings is 1. The molecule has 5 nitrogen and oxygen atoms in total. The number of rotatable bonds is 5. The van der Waals surface area contributed by atoms with Gasteiger partial charge in [0.05, 0.1) is 12.1 Å². The molecule has 3 rings (SSSR count). The molecule has 3 atom stereocenters. The highest BCUT2D eigenvalue weighted by atomic mass is 31.0. The minimum atomic E-state index is -0.570. The molecule has 0 saturated carbocycles. The first-order valence-electron chi connectivity index (χ1n) is 7.54. The molecule has 0 amide bonds. The molecule has 0 radical (unpaired) electrons. The van der Waals surface area contributed by atoms with Crippen LogP contribution in [0.5, 0.6) is 11.5 Å². The van der Waals surface area contributed by atoms with Crippen LogP contribution in [-0.4, -0.2) is 48.9 Å². The third-order valence-electron chi connectivity index (χ3n) is 4.16. The van der Waals surface area contributed by atoms with Crippen molar-refractivity contribution in [2.24, 2.45) is 0 Å². The van der Waals surface area contributed by atoms with Crippen molar-refractivity contribution in [3.8, 4) is 11.5 Å². The van der Waals surface area contributed by atoms with Crippen molar-refractivity contribution in [1.29, 1.82) is 0 Å². The van der Waals surface area contributed by atoms with Gasteiger partial charge in [0.2, 0.25) is 0 Å². The topological polar surface area (TPSA) is 54.0 Å². The zero-order valence-corrected chi connectivity index (χ0v) is 13.3. The van der Waals surface area contributed by atoms with Crippen LogP contribution in [0.15, 0.2) is 18.2 Å². The van der Waals surface area contributed by atoms with Gasteiger partial charge in [-0.15, -0.1) is 0 Å². The van der Waals surface area contributed by atoms with Crippen LogP contribution in [0.25, 0.3) is 0 Å². The third-order valence-corrected chi connectivity index (χ3v) is 4.58. The Labute approximate surface area is 127 Å². The molecule has 6 heteroatoms. The van der Waals surface area contributed by atoms with Gasteiger partial charge in [-0.3, -0.25) is 5.09 Å². The van der Waals surface area contributed by atoms with Crippen LogP contribution < -0.4 is 14.6 Å². The predicted octanol–water partition coefficient (Wildman–Crippen LogP) is 1.34. The molecule has 116 valence electrons. The summed E-state index contributed by atoms with van der Waals surface area (Å²) in [5.41, 5.74) is 0.860. The van der Waals surface area contributed by atoms with E-state index in [1.165, 1.54) is 12.8 Å². The Balaban J connectivity index is 1.71. The number of hydrogen-bond donors (Lipinski definition) is 2. The molecule has 1 saturated heterocycles. The molecule has 0 aromatic heterocycles. The first-order chi connectivity index (χ1) is 10.3. The van der Waals surface area contributed by atoms with Crippen LogP contribution in [-0.2, 0) is 0 Å². The summed E-state index contributed by atoms with van der Waals surface area (Å²) in [6, 6.07) is 5.66. The molecule has 0 aliphatic carbocycles. The summed E-state index contributed by atoms with van der Waals surface area (Å²) in [6.45, 7) is 4.23. The third kappa shape index (κ3) is 3.49. The van der Waals surface area contributed by atoms with Crippen molar-refractivity contribution in [2.75, 3.05) is 32.8 Å². The Hall–Kier alpha value is -0.870. The van der Waals surface area contributed by atoms with Crippen LogP contribution in [0.3, 0.4) is 0 Å². The summed E-state index contributed by atoms with van der Waals surface area (Å²) in [5, 5.41) is 13.8. The van der Waals surface area contributed by atoms with Gasteiger partial charge in [-0.2, -0.15) is 0 Å². The summed E-state index contributed by atoms with van der Waals surface area (Å²) in [7, 11) is 2.53. The van der Waals surface area contributed by atoms with Crippen molar-refractivity contribution in [2.45, 2.75) is 25.0 Å². The molecule has 1 aromatic rings. The van der Waals surface area contributed by atoms with Gasteiger partial charge < -0.3 is 19.5 Å². The van der Waals surface area contributed by atoms with Crippen molar-refractivity contribution < 1.29 is 14.6 Å². The van der Waals surface area contributed by atoms with E-state index in [1.807, 2.05) is 18.2 Å². The standard InChI is InChI=1S/C15H23N2O3P/c18-15(12(16-21)10-17-5-1-2-6-17)11-3-4-13-14(9-11)20-8-7-19-13/h3-4,9,12,15-16,18H,1-2,5-8,10,21H2/t12-,15-/m1/s1. The van der Waals surface area contributed by atoms with Gasteiger partial charge in [0.25, 0.3) is 0 Å². The molecular weight excluding hydrogens is 287 g/mol. The lowest BCUT2D eigenvalue weighted by Crippen LogP contribution is -2.40. The molecule has 1 unspecified atom stereocenters. The normalized spacial score (nSPS) is 21.2. The smallest absolute Gasteiger partial charge is 0.161 e. The maximum absolute atomic E-state index is 10.6. The van der Waals surface area contributed by atoms with Crippen LogP contribution in [0.4, 0.5) is 0 Å².